The zero-order chi connectivity index (χ0) is 19.6. The maximum Gasteiger partial charge on any atom is 0.197 e. The summed E-state index contributed by atoms with van der Waals surface area (Å²) < 4.78 is 6.14. The van der Waals surface area contributed by atoms with Crippen LogP contribution >= 0.6 is 0 Å². The van der Waals surface area contributed by atoms with Crippen molar-refractivity contribution in [2.24, 2.45) is 17.8 Å². The van der Waals surface area contributed by atoms with Crippen LogP contribution < -0.4 is 0 Å². The van der Waals surface area contributed by atoms with Crippen LogP contribution in [0.15, 0.2) is 52.9 Å². The van der Waals surface area contributed by atoms with Crippen LogP contribution in [-0.2, 0) is 11.8 Å². The first-order chi connectivity index (χ1) is 14.1. The fourth-order valence-electron chi connectivity index (χ4n) is 7.17. The summed E-state index contributed by atoms with van der Waals surface area (Å²) in [6.07, 6.45) is 9.09. The maximum absolute atomic E-state index is 13.4. The van der Waals surface area contributed by atoms with Crippen LogP contribution in [-0.4, -0.2) is 5.78 Å². The van der Waals surface area contributed by atoms with Crippen LogP contribution in [0.5, 0.6) is 0 Å². The Labute approximate surface area is 172 Å². The van der Waals surface area contributed by atoms with Gasteiger partial charge in [-0.05, 0) is 79.4 Å². The van der Waals surface area contributed by atoms with Gasteiger partial charge in [0.15, 0.2) is 5.78 Å². The topological polar surface area (TPSA) is 30.2 Å². The molecule has 4 fully saturated rings. The monoisotopic (exact) mass is 384 g/mol. The number of hydrogen-bond acceptors (Lipinski definition) is 2. The maximum atomic E-state index is 13.4. The summed E-state index contributed by atoms with van der Waals surface area (Å²) in [6.45, 7) is 2.07. The van der Waals surface area contributed by atoms with Crippen molar-refractivity contribution in [2.75, 3.05) is 0 Å². The summed E-state index contributed by atoms with van der Waals surface area (Å²) in [5, 5.41) is 1.02. The van der Waals surface area contributed by atoms with Gasteiger partial charge < -0.3 is 4.42 Å². The number of carbonyl (C=O) groups excluding carboxylic acids is 1. The van der Waals surface area contributed by atoms with Crippen molar-refractivity contribution in [3.63, 3.8) is 0 Å². The Kier molecular flexibility index (Phi) is 3.82. The molecule has 0 amide bonds. The molecule has 148 valence electrons. The minimum Gasteiger partial charge on any atom is -0.460 e. The van der Waals surface area contributed by atoms with Gasteiger partial charge in [-0.25, -0.2) is 0 Å². The fourth-order valence-corrected chi connectivity index (χ4v) is 7.17. The van der Waals surface area contributed by atoms with E-state index in [9.17, 15) is 4.79 Å². The Balaban J connectivity index is 1.49. The molecule has 7 rings (SSSR count). The van der Waals surface area contributed by atoms with Gasteiger partial charge >= 0.3 is 0 Å². The smallest absolute Gasteiger partial charge is 0.197 e. The third-order valence-corrected chi connectivity index (χ3v) is 8.00. The van der Waals surface area contributed by atoms with Gasteiger partial charge in [-0.3, -0.25) is 4.79 Å². The number of benzene rings is 2. The number of rotatable bonds is 4. The van der Waals surface area contributed by atoms with Crippen LogP contribution in [0, 0.1) is 17.8 Å². The minimum absolute atomic E-state index is 0.0869. The van der Waals surface area contributed by atoms with Crippen molar-refractivity contribution in [2.45, 2.75) is 57.3 Å². The summed E-state index contributed by atoms with van der Waals surface area (Å²) in [5.41, 5.74) is 4.16. The first-order valence-electron chi connectivity index (χ1n) is 11.3. The second-order valence-corrected chi connectivity index (χ2v) is 9.86. The normalized spacial score (nSPS) is 30.2. The molecule has 0 radical (unpaired) electrons. The van der Waals surface area contributed by atoms with Gasteiger partial charge in [0, 0.05) is 17.4 Å². The van der Waals surface area contributed by atoms with E-state index in [0.717, 1.165) is 52.0 Å². The Morgan fingerprint density at radius 1 is 0.966 bits per heavy atom. The zero-order valence-electron chi connectivity index (χ0n) is 17.1. The van der Waals surface area contributed by atoms with Crippen LogP contribution in [0.2, 0.25) is 0 Å². The number of ketones is 1. The fraction of sp³-hybridized carbons (Fsp3) is 0.444. The Morgan fingerprint density at radius 2 is 1.62 bits per heavy atom. The summed E-state index contributed by atoms with van der Waals surface area (Å²) in [7, 11) is 0. The van der Waals surface area contributed by atoms with Gasteiger partial charge in [0.25, 0.3) is 0 Å². The molecule has 0 aliphatic heterocycles. The van der Waals surface area contributed by atoms with E-state index in [1.165, 1.54) is 44.1 Å². The van der Waals surface area contributed by atoms with Gasteiger partial charge in [-0.15, -0.1) is 0 Å². The highest BCUT2D eigenvalue weighted by molar-refractivity contribution is 6.17. The second kappa shape index (κ2) is 6.32. The highest BCUT2D eigenvalue weighted by Crippen LogP contribution is 2.61. The first-order valence-corrected chi connectivity index (χ1v) is 11.3. The summed E-state index contributed by atoms with van der Waals surface area (Å²) in [4.78, 5) is 13.4. The van der Waals surface area contributed by atoms with E-state index >= 15 is 0 Å². The standard InChI is InChI=1S/C27H28O2/c1-2-23-25(26(28)20-6-4-3-5-7-20)22-13-21(8-9-24(22)29-23)27-14-17-10-18(15-27)12-19(11-17)16-27/h3-9,13,17-19H,2,10-12,14-16H2,1H3. The zero-order valence-corrected chi connectivity index (χ0v) is 17.1. The van der Waals surface area contributed by atoms with E-state index in [-0.39, 0.29) is 5.78 Å². The largest absolute Gasteiger partial charge is 0.460 e. The van der Waals surface area contributed by atoms with E-state index in [2.05, 4.69) is 25.1 Å². The lowest BCUT2D eigenvalue weighted by atomic mass is 9.48. The molecule has 4 saturated carbocycles. The molecule has 0 N–H and O–H groups in total. The molecular formula is C27H28O2. The number of hydrogen-bond donors (Lipinski definition) is 0. The molecule has 4 bridgehead atoms. The van der Waals surface area contributed by atoms with Crippen LogP contribution in [0.3, 0.4) is 0 Å². The lowest BCUT2D eigenvalue weighted by molar-refractivity contribution is -0.00513. The van der Waals surface area contributed by atoms with Crippen molar-refractivity contribution in [3.05, 3.63) is 71.0 Å². The quantitative estimate of drug-likeness (QED) is 0.469. The molecule has 3 aromatic rings. The van der Waals surface area contributed by atoms with Gasteiger partial charge in [0.1, 0.15) is 11.3 Å². The molecule has 4 aliphatic rings. The predicted octanol–water partition coefficient (Wildman–Crippen LogP) is 6.69. The SMILES string of the molecule is CCc1oc2ccc(C34CC5CC(CC(C5)C3)C4)cc2c1C(=O)c1ccccc1. The average molecular weight is 385 g/mol. The molecule has 2 aromatic carbocycles. The van der Waals surface area contributed by atoms with E-state index in [0.29, 0.717) is 5.41 Å². The van der Waals surface area contributed by atoms with Crippen molar-refractivity contribution >= 4 is 16.8 Å². The van der Waals surface area contributed by atoms with Crippen molar-refractivity contribution < 1.29 is 9.21 Å². The molecule has 0 unspecified atom stereocenters. The number of aryl methyl sites for hydroxylation is 1. The van der Waals surface area contributed by atoms with Crippen molar-refractivity contribution in [1.29, 1.82) is 0 Å². The lowest BCUT2D eigenvalue weighted by Crippen LogP contribution is -2.48. The number of fused-ring (bicyclic) bond motifs is 1. The second-order valence-electron chi connectivity index (χ2n) is 9.86. The number of carbonyl (C=O) groups is 1. The van der Waals surface area contributed by atoms with Gasteiger partial charge in [-0.1, -0.05) is 43.3 Å². The van der Waals surface area contributed by atoms with Gasteiger partial charge in [0.2, 0.25) is 0 Å². The highest BCUT2D eigenvalue weighted by Gasteiger charge is 2.51. The average Bonchev–Trinajstić information content (AvgIpc) is 3.11. The summed E-state index contributed by atoms with van der Waals surface area (Å²) in [6, 6.07) is 16.4. The lowest BCUT2D eigenvalue weighted by Gasteiger charge is -2.57. The van der Waals surface area contributed by atoms with E-state index < -0.39 is 0 Å². The molecular weight excluding hydrogens is 356 g/mol. The minimum atomic E-state index is 0.0869. The highest BCUT2D eigenvalue weighted by atomic mass is 16.3. The van der Waals surface area contributed by atoms with E-state index in [1.807, 2.05) is 30.3 Å². The van der Waals surface area contributed by atoms with Crippen LogP contribution in [0.25, 0.3) is 11.0 Å². The summed E-state index contributed by atoms with van der Waals surface area (Å²) >= 11 is 0. The molecule has 4 aliphatic carbocycles. The molecule has 0 atom stereocenters. The molecule has 29 heavy (non-hydrogen) atoms. The Hall–Kier alpha value is -2.35. The molecule has 1 heterocycles. The molecule has 0 saturated heterocycles. The van der Waals surface area contributed by atoms with E-state index in [4.69, 9.17) is 4.42 Å². The summed E-state index contributed by atoms with van der Waals surface area (Å²) in [5.74, 6) is 3.65. The number of furan rings is 1. The van der Waals surface area contributed by atoms with Crippen LogP contribution in [0.4, 0.5) is 0 Å². The first kappa shape index (κ1) is 17.5. The molecule has 2 heteroatoms. The Bertz CT molecular complexity index is 1050. The van der Waals surface area contributed by atoms with Crippen molar-refractivity contribution in [1.82, 2.24) is 0 Å². The molecule has 0 spiro atoms. The van der Waals surface area contributed by atoms with Gasteiger partial charge in [0.05, 0.1) is 5.56 Å². The molecule has 1 aromatic heterocycles. The Morgan fingerprint density at radius 3 is 2.24 bits per heavy atom. The molecule has 2 nitrogen and oxygen atoms in total. The van der Waals surface area contributed by atoms with Gasteiger partial charge in [-0.2, -0.15) is 0 Å². The predicted molar refractivity (Wildman–Crippen MR) is 115 cm³/mol. The van der Waals surface area contributed by atoms with Crippen LogP contribution in [0.1, 0.15) is 72.7 Å². The van der Waals surface area contributed by atoms with Crippen molar-refractivity contribution in [3.8, 4) is 0 Å². The third-order valence-electron chi connectivity index (χ3n) is 8.00. The van der Waals surface area contributed by atoms with E-state index in [1.54, 1.807) is 0 Å². The third kappa shape index (κ3) is 2.64.